The van der Waals surface area contributed by atoms with Crippen LogP contribution in [0, 0.1) is 11.8 Å². The molecule has 0 radical (unpaired) electrons. The minimum atomic E-state index is -0.651. The van der Waals surface area contributed by atoms with Crippen molar-refractivity contribution in [2.24, 2.45) is 11.8 Å². The van der Waals surface area contributed by atoms with Crippen molar-refractivity contribution in [1.82, 2.24) is 0 Å². The van der Waals surface area contributed by atoms with E-state index in [1.54, 1.807) is 31.1 Å². The summed E-state index contributed by atoms with van der Waals surface area (Å²) in [6.45, 7) is 7.84. The Hall–Kier alpha value is -3.12. The van der Waals surface area contributed by atoms with Crippen molar-refractivity contribution >= 4 is 39.5 Å². The molecule has 172 valence electrons. The summed E-state index contributed by atoms with van der Waals surface area (Å²) in [6.07, 6.45) is 4.68. The van der Waals surface area contributed by atoms with Crippen molar-refractivity contribution in [3.8, 4) is 0 Å². The number of methoxy groups -OCH3 is 1. The first kappa shape index (κ1) is 21.7. The lowest BCUT2D eigenvalue weighted by atomic mass is 9.82. The van der Waals surface area contributed by atoms with Crippen LogP contribution >= 0.6 is 0 Å². The predicted octanol–water partition coefficient (Wildman–Crippen LogP) is 6.14. The Morgan fingerprint density at radius 2 is 1.85 bits per heavy atom. The van der Waals surface area contributed by atoms with Gasteiger partial charge in [0.2, 0.25) is 5.91 Å². The second kappa shape index (κ2) is 8.34. The molecule has 2 aliphatic rings. The Morgan fingerprint density at radius 3 is 2.55 bits per heavy atom. The summed E-state index contributed by atoms with van der Waals surface area (Å²) in [5, 5.41) is 1.75. The van der Waals surface area contributed by atoms with Crippen molar-refractivity contribution in [3.05, 3.63) is 54.1 Å². The number of anilines is 1. The number of cyclic esters (lactones) is 1. The average molecular weight is 448 g/mol. The third-order valence-electron chi connectivity index (χ3n) is 7.13. The number of fused-ring (bicyclic) bond motifs is 4. The summed E-state index contributed by atoms with van der Waals surface area (Å²) in [6, 6.07) is 9.45. The third-order valence-corrected chi connectivity index (χ3v) is 7.13. The number of carbonyl (C=O) groups excluding carboxylic acids is 2. The smallest absolute Gasteiger partial charge is 0.342 e. The first-order valence-electron chi connectivity index (χ1n) is 11.6. The normalized spacial score (nSPS) is 23.9. The van der Waals surface area contributed by atoms with Crippen LogP contribution in [0.3, 0.4) is 0 Å². The van der Waals surface area contributed by atoms with Crippen molar-refractivity contribution in [1.29, 1.82) is 0 Å². The fourth-order valence-electron chi connectivity index (χ4n) is 5.21. The molecule has 6 heteroatoms. The standard InChI is InChI=1S/C27H29NO5/c1-5-23(31-4)18-10-11-24-19(12-18)20-13-22-21(14-25(20)33-24)27(30)32-16(3)28(22)26(29)17-8-6-15(2)7-9-17/h5,10-17,23H,1,6-9H2,2-4H3. The van der Waals surface area contributed by atoms with E-state index in [0.717, 1.165) is 42.0 Å². The van der Waals surface area contributed by atoms with Gasteiger partial charge in [-0.2, -0.15) is 0 Å². The van der Waals surface area contributed by atoms with E-state index >= 15 is 0 Å². The average Bonchev–Trinajstić information content (AvgIpc) is 3.16. The molecular formula is C27H29NO5. The molecule has 1 fully saturated rings. The van der Waals surface area contributed by atoms with Crippen LogP contribution in [0.2, 0.25) is 0 Å². The number of carbonyl (C=O) groups is 2. The first-order chi connectivity index (χ1) is 15.9. The Morgan fingerprint density at radius 1 is 1.12 bits per heavy atom. The largest absolute Gasteiger partial charge is 0.456 e. The lowest BCUT2D eigenvalue weighted by Gasteiger charge is -2.37. The Labute approximate surface area is 193 Å². The van der Waals surface area contributed by atoms with Gasteiger partial charge in [0.05, 0.1) is 11.3 Å². The van der Waals surface area contributed by atoms with Crippen LogP contribution in [0.4, 0.5) is 5.69 Å². The molecular weight excluding hydrogens is 418 g/mol. The molecule has 1 amide bonds. The highest BCUT2D eigenvalue weighted by molar-refractivity contribution is 6.13. The topological polar surface area (TPSA) is 69.0 Å². The van der Waals surface area contributed by atoms with Gasteiger partial charge in [-0.1, -0.05) is 19.1 Å². The summed E-state index contributed by atoms with van der Waals surface area (Å²) in [4.78, 5) is 28.0. The van der Waals surface area contributed by atoms with Crippen LogP contribution in [-0.4, -0.2) is 25.2 Å². The molecule has 2 aromatic carbocycles. The molecule has 1 aromatic heterocycles. The van der Waals surface area contributed by atoms with E-state index < -0.39 is 12.2 Å². The van der Waals surface area contributed by atoms with Gasteiger partial charge in [-0.25, -0.2) is 4.79 Å². The highest BCUT2D eigenvalue weighted by atomic mass is 16.6. The zero-order valence-corrected chi connectivity index (χ0v) is 19.3. The molecule has 0 bridgehead atoms. The molecule has 0 saturated heterocycles. The van der Waals surface area contributed by atoms with Gasteiger partial charge in [-0.15, -0.1) is 6.58 Å². The summed E-state index contributed by atoms with van der Waals surface area (Å²) < 4.78 is 17.1. The quantitative estimate of drug-likeness (QED) is 0.355. The molecule has 1 aliphatic carbocycles. The molecule has 2 atom stereocenters. The number of hydrogen-bond acceptors (Lipinski definition) is 5. The molecule has 2 unspecified atom stereocenters. The van der Waals surface area contributed by atoms with E-state index in [0.29, 0.717) is 28.3 Å². The maximum atomic E-state index is 13.6. The van der Waals surface area contributed by atoms with E-state index in [2.05, 4.69) is 13.5 Å². The monoisotopic (exact) mass is 447 g/mol. The van der Waals surface area contributed by atoms with Crippen LogP contribution < -0.4 is 4.90 Å². The second-order valence-corrected chi connectivity index (χ2v) is 9.28. The van der Waals surface area contributed by atoms with Gasteiger partial charge in [-0.05, 0) is 68.4 Å². The summed E-state index contributed by atoms with van der Waals surface area (Å²) in [5.41, 5.74) is 3.19. The minimum absolute atomic E-state index is 0.0297. The lowest BCUT2D eigenvalue weighted by molar-refractivity contribution is -0.125. The maximum Gasteiger partial charge on any atom is 0.342 e. The van der Waals surface area contributed by atoms with Gasteiger partial charge in [0.1, 0.15) is 17.3 Å². The van der Waals surface area contributed by atoms with E-state index in [-0.39, 0.29) is 17.9 Å². The minimum Gasteiger partial charge on any atom is -0.456 e. The number of esters is 1. The third kappa shape index (κ3) is 3.62. The maximum absolute atomic E-state index is 13.6. The zero-order chi connectivity index (χ0) is 23.3. The van der Waals surface area contributed by atoms with Crippen molar-refractivity contribution < 1.29 is 23.5 Å². The number of hydrogen-bond donors (Lipinski definition) is 0. The van der Waals surface area contributed by atoms with Gasteiger partial charge in [0.15, 0.2) is 6.23 Å². The zero-order valence-electron chi connectivity index (χ0n) is 19.3. The molecule has 3 aromatic rings. The summed E-state index contributed by atoms with van der Waals surface area (Å²) >= 11 is 0. The SMILES string of the molecule is C=CC(OC)c1ccc2oc3cc4c(cc3c2c1)N(C(=O)C1CCC(C)CC1)C(C)OC4=O. The van der Waals surface area contributed by atoms with Crippen LogP contribution in [0.25, 0.3) is 21.9 Å². The number of ether oxygens (including phenoxy) is 2. The van der Waals surface area contributed by atoms with E-state index in [9.17, 15) is 9.59 Å². The fraction of sp³-hybridized carbons (Fsp3) is 0.407. The molecule has 6 nitrogen and oxygen atoms in total. The highest BCUT2D eigenvalue weighted by Gasteiger charge is 2.38. The van der Waals surface area contributed by atoms with Crippen LogP contribution in [0.15, 0.2) is 47.4 Å². The highest BCUT2D eigenvalue weighted by Crippen LogP contribution is 2.40. The molecule has 2 heterocycles. The van der Waals surface area contributed by atoms with Crippen LogP contribution in [0.5, 0.6) is 0 Å². The van der Waals surface area contributed by atoms with E-state index in [1.807, 2.05) is 24.3 Å². The Balaban J connectivity index is 1.63. The number of benzene rings is 2. The fourth-order valence-corrected chi connectivity index (χ4v) is 5.21. The number of amides is 1. The van der Waals surface area contributed by atoms with E-state index in [1.165, 1.54) is 0 Å². The Bertz CT molecular complexity index is 1250. The van der Waals surface area contributed by atoms with Gasteiger partial charge in [-0.3, -0.25) is 9.69 Å². The molecule has 1 aliphatic heterocycles. The second-order valence-electron chi connectivity index (χ2n) is 9.28. The lowest BCUT2D eigenvalue weighted by Crippen LogP contribution is -2.48. The van der Waals surface area contributed by atoms with Gasteiger partial charge in [0.25, 0.3) is 0 Å². The van der Waals surface area contributed by atoms with Crippen molar-refractivity contribution in [2.45, 2.75) is 51.9 Å². The summed E-state index contributed by atoms with van der Waals surface area (Å²) in [5.74, 6) is 0.192. The molecule has 1 saturated carbocycles. The number of furan rings is 1. The van der Waals surface area contributed by atoms with Crippen LogP contribution in [-0.2, 0) is 14.3 Å². The Kier molecular flexibility index (Phi) is 5.49. The number of rotatable bonds is 4. The molecule has 0 N–H and O–H groups in total. The van der Waals surface area contributed by atoms with Crippen molar-refractivity contribution in [2.75, 3.05) is 12.0 Å². The van der Waals surface area contributed by atoms with Gasteiger partial charge in [0, 0.05) is 23.8 Å². The molecule has 5 rings (SSSR count). The summed E-state index contributed by atoms with van der Waals surface area (Å²) in [7, 11) is 1.64. The van der Waals surface area contributed by atoms with Crippen LogP contribution in [0.1, 0.15) is 61.6 Å². The van der Waals surface area contributed by atoms with Gasteiger partial charge >= 0.3 is 5.97 Å². The van der Waals surface area contributed by atoms with E-state index in [4.69, 9.17) is 13.9 Å². The predicted molar refractivity (Wildman–Crippen MR) is 127 cm³/mol. The molecule has 0 spiro atoms. The first-order valence-corrected chi connectivity index (χ1v) is 11.6. The number of nitrogens with zero attached hydrogens (tertiary/aromatic N) is 1. The van der Waals surface area contributed by atoms with Crippen molar-refractivity contribution in [3.63, 3.8) is 0 Å². The molecule has 33 heavy (non-hydrogen) atoms. The van der Waals surface area contributed by atoms with Gasteiger partial charge < -0.3 is 13.9 Å².